The van der Waals surface area contributed by atoms with E-state index >= 15 is 0 Å². The van der Waals surface area contributed by atoms with Crippen molar-refractivity contribution in [2.75, 3.05) is 0 Å². The van der Waals surface area contributed by atoms with E-state index in [0.29, 0.717) is 13.8 Å². The van der Waals surface area contributed by atoms with Crippen LogP contribution in [0.1, 0.15) is 13.8 Å². The van der Waals surface area contributed by atoms with Crippen LogP contribution in [-0.2, 0) is 4.74 Å². The second-order valence-corrected chi connectivity index (χ2v) is 3.78. The molecule has 1 unspecified atom stereocenters. The first kappa shape index (κ1) is 14.4. The van der Waals surface area contributed by atoms with Gasteiger partial charge in [-0.2, -0.15) is 26.3 Å². The van der Waals surface area contributed by atoms with Crippen molar-refractivity contribution in [2.24, 2.45) is 5.92 Å². The zero-order chi connectivity index (χ0) is 13.9. The Morgan fingerprint density at radius 1 is 0.882 bits per heavy atom. The second kappa shape index (κ2) is 3.44. The van der Waals surface area contributed by atoms with E-state index in [0.717, 1.165) is 0 Å². The molecule has 0 aromatic heterocycles. The van der Waals surface area contributed by atoms with Gasteiger partial charge in [-0.3, -0.25) is 4.74 Å². The number of nitrogens with zero attached hydrogens (tertiary/aromatic N) is 1. The Labute approximate surface area is 90.1 Å². The number of halogens is 8. The number of alkyl halides is 7. The van der Waals surface area contributed by atoms with Gasteiger partial charge in [0.2, 0.25) is 0 Å². The zero-order valence-electron chi connectivity index (χ0n) is 8.46. The smallest absolute Gasteiger partial charge is 0.269 e. The molecule has 1 aliphatic heterocycles. The lowest BCUT2D eigenvalue weighted by molar-refractivity contribution is -0.571. The summed E-state index contributed by atoms with van der Waals surface area (Å²) in [4.78, 5) is 0. The van der Waals surface area contributed by atoms with Crippen molar-refractivity contribution < 1.29 is 40.0 Å². The number of ether oxygens (including phenoxy) is 1. The summed E-state index contributed by atoms with van der Waals surface area (Å²) >= 11 is 0. The quantitative estimate of drug-likeness (QED) is 0.413. The molecule has 0 amide bonds. The van der Waals surface area contributed by atoms with Crippen LogP contribution in [0.5, 0.6) is 0 Å². The second-order valence-electron chi connectivity index (χ2n) is 3.78. The maximum atomic E-state index is 13.5. The average molecular weight is 273 g/mol. The van der Waals surface area contributed by atoms with E-state index in [-0.39, 0.29) is 0 Å². The molecule has 0 spiro atoms. The minimum atomic E-state index is -5.97. The van der Waals surface area contributed by atoms with Crippen LogP contribution in [0.15, 0.2) is 0 Å². The Bertz CT molecular complexity index is 319. The summed E-state index contributed by atoms with van der Waals surface area (Å²) in [5.74, 6) is -6.56. The molecule has 0 aromatic carbocycles. The maximum Gasteiger partial charge on any atom is 0.440 e. The van der Waals surface area contributed by atoms with Gasteiger partial charge in [0.15, 0.2) is 0 Å². The number of hydrogen-bond donors (Lipinski definition) is 0. The summed E-state index contributed by atoms with van der Waals surface area (Å²) in [6.45, 7) is 1.31. The first-order valence-electron chi connectivity index (χ1n) is 4.29. The van der Waals surface area contributed by atoms with Gasteiger partial charge in [0.25, 0.3) is 5.85 Å². The lowest BCUT2D eigenvalue weighted by atomic mass is 10.00. The highest BCUT2D eigenvalue weighted by molar-refractivity contribution is 4.96. The summed E-state index contributed by atoms with van der Waals surface area (Å²) in [7, 11) is 0. The van der Waals surface area contributed by atoms with E-state index in [1.54, 1.807) is 0 Å². The van der Waals surface area contributed by atoms with Crippen LogP contribution in [0.3, 0.4) is 0 Å². The van der Waals surface area contributed by atoms with Crippen molar-refractivity contribution in [1.82, 2.24) is 5.12 Å². The predicted molar refractivity (Wildman–Crippen MR) is 37.6 cm³/mol. The van der Waals surface area contributed by atoms with Gasteiger partial charge in [-0.25, -0.2) is 4.39 Å². The molecule has 1 aliphatic rings. The summed E-state index contributed by atoms with van der Waals surface area (Å²) in [6.07, 6.45) is -5.72. The molecule has 0 aliphatic carbocycles. The Morgan fingerprint density at radius 2 is 1.29 bits per heavy atom. The van der Waals surface area contributed by atoms with Crippen molar-refractivity contribution in [3.05, 3.63) is 0 Å². The average Bonchev–Trinajstić information content (AvgIpc) is 2.13. The van der Waals surface area contributed by atoms with Crippen LogP contribution in [0.2, 0.25) is 0 Å². The minimum Gasteiger partial charge on any atom is -0.269 e. The third kappa shape index (κ3) is 1.60. The lowest BCUT2D eigenvalue weighted by Crippen LogP contribution is -2.74. The monoisotopic (exact) mass is 273 g/mol. The molecule has 0 N–H and O–H groups in total. The molecule has 0 bridgehead atoms. The van der Waals surface area contributed by atoms with Gasteiger partial charge in [0.05, 0.1) is 0 Å². The minimum absolute atomic E-state index is 0.654. The Morgan fingerprint density at radius 3 is 1.65 bits per heavy atom. The van der Waals surface area contributed by atoms with Crippen LogP contribution in [0.4, 0.5) is 35.2 Å². The Balaban J connectivity index is 3.34. The highest BCUT2D eigenvalue weighted by Gasteiger charge is 2.83. The molecule has 1 heterocycles. The predicted octanol–water partition coefficient (Wildman–Crippen LogP) is 3.30. The SMILES string of the molecule is CC(C)C1(F)OC(F)(F)C(F)(F)N(F)C1(F)F. The van der Waals surface area contributed by atoms with Crippen LogP contribution < -0.4 is 0 Å². The van der Waals surface area contributed by atoms with E-state index in [2.05, 4.69) is 4.74 Å². The number of morpholine rings is 1. The van der Waals surface area contributed by atoms with Gasteiger partial charge >= 0.3 is 18.2 Å². The fourth-order valence-corrected chi connectivity index (χ4v) is 1.20. The van der Waals surface area contributed by atoms with Crippen LogP contribution in [0.25, 0.3) is 0 Å². The molecule has 1 atom stereocenters. The summed E-state index contributed by atoms with van der Waals surface area (Å²) in [5.41, 5.74) is 0. The number of hydrogen-bond acceptors (Lipinski definition) is 2. The van der Waals surface area contributed by atoms with Crippen molar-refractivity contribution in [3.63, 3.8) is 0 Å². The molecule has 0 radical (unpaired) electrons. The first-order chi connectivity index (χ1) is 7.31. The molecule has 102 valence electrons. The number of rotatable bonds is 1. The van der Waals surface area contributed by atoms with Gasteiger partial charge in [0, 0.05) is 5.92 Å². The highest BCUT2D eigenvalue weighted by atomic mass is 19.4. The zero-order valence-corrected chi connectivity index (χ0v) is 8.46. The maximum absolute atomic E-state index is 13.5. The molecule has 17 heavy (non-hydrogen) atoms. The van der Waals surface area contributed by atoms with Crippen molar-refractivity contribution in [3.8, 4) is 0 Å². The lowest BCUT2D eigenvalue weighted by Gasteiger charge is -2.47. The summed E-state index contributed by atoms with van der Waals surface area (Å²) in [6, 6.07) is -11.5. The Kier molecular flexibility index (Phi) is 2.92. The molecule has 0 saturated carbocycles. The van der Waals surface area contributed by atoms with E-state index in [1.165, 1.54) is 0 Å². The Hall–Kier alpha value is -0.640. The van der Waals surface area contributed by atoms with Gasteiger partial charge in [-0.15, -0.1) is 4.48 Å². The third-order valence-electron chi connectivity index (χ3n) is 2.27. The fraction of sp³-hybridized carbons (Fsp3) is 1.00. The van der Waals surface area contributed by atoms with Crippen molar-refractivity contribution in [2.45, 2.75) is 37.9 Å². The van der Waals surface area contributed by atoms with Crippen molar-refractivity contribution in [1.29, 1.82) is 0 Å². The standard InChI is InChI=1S/C7H7F8NO/c1-3(2)4(8)5(9,10)16(15)6(11,12)7(13,14)17-4/h3H,1-2H3. The summed E-state index contributed by atoms with van der Waals surface area (Å²) in [5, 5.41) is -2.80. The third-order valence-corrected chi connectivity index (χ3v) is 2.27. The van der Waals surface area contributed by atoms with Crippen LogP contribution >= 0.6 is 0 Å². The molecular weight excluding hydrogens is 266 g/mol. The molecule has 1 rings (SSSR count). The van der Waals surface area contributed by atoms with E-state index < -0.39 is 35.1 Å². The van der Waals surface area contributed by atoms with E-state index in [4.69, 9.17) is 0 Å². The van der Waals surface area contributed by atoms with Gasteiger partial charge in [-0.1, -0.05) is 13.8 Å². The molecular formula is C7H7F8NO. The summed E-state index contributed by atoms with van der Waals surface area (Å²) < 4.78 is 105. The van der Waals surface area contributed by atoms with Crippen LogP contribution in [-0.4, -0.2) is 29.2 Å². The van der Waals surface area contributed by atoms with Gasteiger partial charge in [0.1, 0.15) is 0 Å². The first-order valence-corrected chi connectivity index (χ1v) is 4.29. The van der Waals surface area contributed by atoms with E-state index in [9.17, 15) is 35.2 Å². The molecule has 2 nitrogen and oxygen atoms in total. The molecule has 10 heteroatoms. The molecule has 1 saturated heterocycles. The normalized spacial score (nSPS) is 36.2. The largest absolute Gasteiger partial charge is 0.440 e. The highest BCUT2D eigenvalue weighted by Crippen LogP contribution is 2.57. The van der Waals surface area contributed by atoms with Crippen LogP contribution in [0, 0.1) is 5.92 Å². The fourth-order valence-electron chi connectivity index (χ4n) is 1.20. The topological polar surface area (TPSA) is 12.5 Å². The van der Waals surface area contributed by atoms with E-state index in [1.807, 2.05) is 0 Å². The van der Waals surface area contributed by atoms with Gasteiger partial charge in [-0.05, 0) is 5.12 Å². The molecule has 1 fully saturated rings. The van der Waals surface area contributed by atoms with Crippen molar-refractivity contribution >= 4 is 0 Å². The molecule has 0 aromatic rings. The van der Waals surface area contributed by atoms with Gasteiger partial charge < -0.3 is 0 Å².